The molecule has 0 unspecified atom stereocenters. The normalized spacial score (nSPS) is 15.7. The predicted molar refractivity (Wildman–Crippen MR) is 81.0 cm³/mol. The standard InChI is InChI=1S/C17H20N2O2/c1-12-4-2-3-5-15(12)17(6-7-17)11-19-16(20)13-8-14(9-18)21-10-13/h2-5,8,10H,6-7,9,11,18H2,1H3,(H,19,20). The van der Waals surface area contributed by atoms with Gasteiger partial charge in [0.15, 0.2) is 0 Å². The third-order valence-corrected chi connectivity index (χ3v) is 4.27. The molecule has 0 atom stereocenters. The minimum atomic E-state index is -0.0988. The third kappa shape index (κ3) is 2.72. The van der Waals surface area contributed by atoms with Crippen molar-refractivity contribution in [2.24, 2.45) is 5.73 Å². The van der Waals surface area contributed by atoms with Crippen LogP contribution in [-0.4, -0.2) is 12.5 Å². The van der Waals surface area contributed by atoms with Crippen molar-refractivity contribution in [1.29, 1.82) is 0 Å². The average Bonchev–Trinajstić information content (AvgIpc) is 3.12. The van der Waals surface area contributed by atoms with E-state index in [9.17, 15) is 4.79 Å². The van der Waals surface area contributed by atoms with E-state index in [2.05, 4.69) is 30.4 Å². The van der Waals surface area contributed by atoms with E-state index in [4.69, 9.17) is 10.2 Å². The van der Waals surface area contributed by atoms with Crippen molar-refractivity contribution in [2.45, 2.75) is 31.7 Å². The summed E-state index contributed by atoms with van der Waals surface area (Å²) in [5, 5.41) is 3.03. The number of carbonyl (C=O) groups is 1. The fourth-order valence-corrected chi connectivity index (χ4v) is 2.82. The van der Waals surface area contributed by atoms with Crippen LogP contribution in [0.4, 0.5) is 0 Å². The van der Waals surface area contributed by atoms with Crippen molar-refractivity contribution >= 4 is 5.91 Å². The minimum Gasteiger partial charge on any atom is -0.467 e. The highest BCUT2D eigenvalue weighted by atomic mass is 16.3. The lowest BCUT2D eigenvalue weighted by Gasteiger charge is -2.18. The van der Waals surface area contributed by atoms with Crippen LogP contribution in [0.15, 0.2) is 41.0 Å². The molecule has 1 heterocycles. The fourth-order valence-electron chi connectivity index (χ4n) is 2.82. The van der Waals surface area contributed by atoms with E-state index >= 15 is 0 Å². The van der Waals surface area contributed by atoms with E-state index < -0.39 is 0 Å². The third-order valence-electron chi connectivity index (χ3n) is 4.27. The average molecular weight is 284 g/mol. The number of aryl methyl sites for hydroxylation is 1. The molecular weight excluding hydrogens is 264 g/mol. The van der Waals surface area contributed by atoms with Gasteiger partial charge in [0.25, 0.3) is 5.91 Å². The molecule has 4 nitrogen and oxygen atoms in total. The molecular formula is C17H20N2O2. The molecule has 4 heteroatoms. The van der Waals surface area contributed by atoms with Crippen molar-refractivity contribution in [3.8, 4) is 0 Å². The zero-order valence-electron chi connectivity index (χ0n) is 12.2. The van der Waals surface area contributed by atoms with Crippen molar-refractivity contribution in [3.05, 3.63) is 59.0 Å². The van der Waals surface area contributed by atoms with Gasteiger partial charge in [0.1, 0.15) is 12.0 Å². The predicted octanol–water partition coefficient (Wildman–Crippen LogP) is 2.51. The molecule has 1 amide bonds. The SMILES string of the molecule is Cc1ccccc1C1(CNC(=O)c2coc(CN)c2)CC1. The van der Waals surface area contributed by atoms with E-state index in [0.29, 0.717) is 24.4 Å². The lowest BCUT2D eigenvalue weighted by atomic mass is 9.92. The maximum absolute atomic E-state index is 12.2. The summed E-state index contributed by atoms with van der Waals surface area (Å²) in [5.41, 5.74) is 8.77. The van der Waals surface area contributed by atoms with E-state index in [-0.39, 0.29) is 11.3 Å². The zero-order valence-corrected chi connectivity index (χ0v) is 12.2. The van der Waals surface area contributed by atoms with Crippen LogP contribution < -0.4 is 11.1 Å². The van der Waals surface area contributed by atoms with Crippen LogP contribution in [-0.2, 0) is 12.0 Å². The summed E-state index contributed by atoms with van der Waals surface area (Å²) in [4.78, 5) is 12.2. The molecule has 1 aliphatic carbocycles. The molecule has 110 valence electrons. The number of benzene rings is 1. The van der Waals surface area contributed by atoms with Gasteiger partial charge in [-0.2, -0.15) is 0 Å². The minimum absolute atomic E-state index is 0.0988. The number of furan rings is 1. The van der Waals surface area contributed by atoms with Gasteiger partial charge in [-0.25, -0.2) is 0 Å². The van der Waals surface area contributed by atoms with E-state index in [1.807, 2.05) is 6.07 Å². The Labute approximate surface area is 124 Å². The molecule has 1 aliphatic rings. The monoisotopic (exact) mass is 284 g/mol. The summed E-state index contributed by atoms with van der Waals surface area (Å²) in [6.07, 6.45) is 3.71. The highest BCUT2D eigenvalue weighted by molar-refractivity contribution is 5.94. The molecule has 1 aromatic carbocycles. The summed E-state index contributed by atoms with van der Waals surface area (Å²) in [7, 11) is 0. The van der Waals surface area contributed by atoms with Crippen molar-refractivity contribution in [2.75, 3.05) is 6.54 Å². The molecule has 0 bridgehead atoms. The van der Waals surface area contributed by atoms with E-state index in [1.165, 1.54) is 17.4 Å². The van der Waals surface area contributed by atoms with Gasteiger partial charge in [-0.1, -0.05) is 24.3 Å². The first-order valence-corrected chi connectivity index (χ1v) is 7.26. The first-order valence-electron chi connectivity index (χ1n) is 7.26. The molecule has 3 rings (SSSR count). The number of nitrogens with one attached hydrogen (secondary N) is 1. The van der Waals surface area contributed by atoms with Crippen LogP contribution in [0.2, 0.25) is 0 Å². The molecule has 1 saturated carbocycles. The van der Waals surface area contributed by atoms with Gasteiger partial charge in [0, 0.05) is 12.0 Å². The highest BCUT2D eigenvalue weighted by Crippen LogP contribution is 2.48. The van der Waals surface area contributed by atoms with Gasteiger partial charge < -0.3 is 15.5 Å². The van der Waals surface area contributed by atoms with E-state index in [0.717, 1.165) is 12.8 Å². The lowest BCUT2D eigenvalue weighted by molar-refractivity contribution is 0.0949. The second-order valence-corrected chi connectivity index (χ2v) is 5.78. The molecule has 0 radical (unpaired) electrons. The second-order valence-electron chi connectivity index (χ2n) is 5.78. The van der Waals surface area contributed by atoms with Crippen LogP contribution in [0.3, 0.4) is 0 Å². The number of hydrogen-bond acceptors (Lipinski definition) is 3. The molecule has 0 aliphatic heterocycles. The first-order chi connectivity index (χ1) is 10.1. The fraction of sp³-hybridized carbons (Fsp3) is 0.353. The number of carbonyl (C=O) groups excluding carboxylic acids is 1. The Morgan fingerprint density at radius 1 is 1.38 bits per heavy atom. The Kier molecular flexibility index (Phi) is 3.55. The molecule has 2 aromatic rings. The topological polar surface area (TPSA) is 68.3 Å². The van der Waals surface area contributed by atoms with Gasteiger partial charge >= 0.3 is 0 Å². The summed E-state index contributed by atoms with van der Waals surface area (Å²) < 4.78 is 5.20. The highest BCUT2D eigenvalue weighted by Gasteiger charge is 2.45. The smallest absolute Gasteiger partial charge is 0.254 e. The van der Waals surface area contributed by atoms with Gasteiger partial charge in [0.05, 0.1) is 12.1 Å². The zero-order chi connectivity index (χ0) is 14.9. The summed E-state index contributed by atoms with van der Waals surface area (Å²) in [6.45, 7) is 3.10. The Morgan fingerprint density at radius 2 is 2.14 bits per heavy atom. The summed E-state index contributed by atoms with van der Waals surface area (Å²) in [6, 6.07) is 10.1. The Balaban J connectivity index is 1.67. The van der Waals surface area contributed by atoms with Gasteiger partial charge in [-0.3, -0.25) is 4.79 Å². The molecule has 1 aromatic heterocycles. The van der Waals surface area contributed by atoms with Crippen molar-refractivity contribution < 1.29 is 9.21 Å². The molecule has 1 fully saturated rings. The Hall–Kier alpha value is -2.07. The lowest BCUT2D eigenvalue weighted by Crippen LogP contribution is -2.32. The van der Waals surface area contributed by atoms with Gasteiger partial charge in [0.2, 0.25) is 0 Å². The van der Waals surface area contributed by atoms with E-state index in [1.54, 1.807) is 6.07 Å². The first kappa shape index (κ1) is 13.9. The molecule has 21 heavy (non-hydrogen) atoms. The summed E-state index contributed by atoms with van der Waals surface area (Å²) in [5.74, 6) is 0.526. The number of rotatable bonds is 5. The maximum Gasteiger partial charge on any atom is 0.254 e. The molecule has 3 N–H and O–H groups in total. The Bertz CT molecular complexity index is 656. The summed E-state index contributed by atoms with van der Waals surface area (Å²) >= 11 is 0. The maximum atomic E-state index is 12.2. The van der Waals surface area contributed by atoms with Crippen molar-refractivity contribution in [1.82, 2.24) is 5.32 Å². The van der Waals surface area contributed by atoms with Crippen LogP contribution in [0.5, 0.6) is 0 Å². The van der Waals surface area contributed by atoms with Crippen molar-refractivity contribution in [3.63, 3.8) is 0 Å². The molecule has 0 spiro atoms. The van der Waals surface area contributed by atoms with Crippen LogP contribution >= 0.6 is 0 Å². The quantitative estimate of drug-likeness (QED) is 0.886. The number of hydrogen-bond donors (Lipinski definition) is 2. The Morgan fingerprint density at radius 3 is 2.76 bits per heavy atom. The number of amides is 1. The second kappa shape index (κ2) is 5.37. The van der Waals surface area contributed by atoms with Gasteiger partial charge in [-0.05, 0) is 37.0 Å². The molecule has 0 saturated heterocycles. The van der Waals surface area contributed by atoms with Crippen LogP contribution in [0.1, 0.15) is 40.1 Å². The van der Waals surface area contributed by atoms with Gasteiger partial charge in [-0.15, -0.1) is 0 Å². The number of nitrogens with two attached hydrogens (primary N) is 1. The largest absolute Gasteiger partial charge is 0.467 e. The van der Waals surface area contributed by atoms with Crippen LogP contribution in [0.25, 0.3) is 0 Å². The van der Waals surface area contributed by atoms with Crippen LogP contribution in [0, 0.1) is 6.92 Å².